The number of halogens is 2. The quantitative estimate of drug-likeness (QED) is 0.608. The van der Waals surface area contributed by atoms with E-state index in [2.05, 4.69) is 13.8 Å². The molecule has 0 unspecified atom stereocenters. The molecule has 3 heteroatoms. The van der Waals surface area contributed by atoms with Crippen LogP contribution in [0.4, 0.5) is 0 Å². The monoisotopic (exact) mass is 175 g/mol. The standard InChI is InChI=1S/C4H10.C2H5Cl.ClH.H3N/c1-3-4-2;1-2-3;;/h3-4H2,1-2H3;2H2,1H3;1H;1H3. The molecule has 0 atom stereocenters. The summed E-state index contributed by atoms with van der Waals surface area (Å²) < 4.78 is 0. The molecule has 0 fully saturated rings. The van der Waals surface area contributed by atoms with Gasteiger partial charge < -0.3 is 6.15 Å². The lowest BCUT2D eigenvalue weighted by atomic mass is 10.4. The van der Waals surface area contributed by atoms with Gasteiger partial charge in [-0.05, 0) is 0 Å². The van der Waals surface area contributed by atoms with Crippen molar-refractivity contribution >= 4 is 24.0 Å². The second-order valence-electron chi connectivity index (χ2n) is 1.27. The highest BCUT2D eigenvalue weighted by molar-refractivity contribution is 6.17. The Kier molecular flexibility index (Phi) is 97.6. The van der Waals surface area contributed by atoms with Crippen molar-refractivity contribution in [2.24, 2.45) is 0 Å². The van der Waals surface area contributed by atoms with Crippen LogP contribution in [0.3, 0.4) is 0 Å². The smallest absolute Gasteiger partial charge is 0.0195 e. The van der Waals surface area contributed by atoms with Crippen molar-refractivity contribution < 1.29 is 0 Å². The summed E-state index contributed by atoms with van der Waals surface area (Å²) in [6.07, 6.45) is 2.64. The molecule has 0 saturated carbocycles. The van der Waals surface area contributed by atoms with Crippen LogP contribution in [0.1, 0.15) is 33.6 Å². The third kappa shape index (κ3) is 154. The summed E-state index contributed by atoms with van der Waals surface area (Å²) in [5.41, 5.74) is 0. The summed E-state index contributed by atoms with van der Waals surface area (Å²) in [4.78, 5) is 0. The summed E-state index contributed by atoms with van der Waals surface area (Å²) in [7, 11) is 0. The molecule has 3 N–H and O–H groups in total. The average Bonchev–Trinajstić information content (AvgIpc) is 1.69. The molecule has 1 nitrogen and oxygen atoms in total. The van der Waals surface area contributed by atoms with Gasteiger partial charge in [0.15, 0.2) is 0 Å². The van der Waals surface area contributed by atoms with Crippen molar-refractivity contribution in [3.05, 3.63) is 0 Å². The van der Waals surface area contributed by atoms with E-state index in [-0.39, 0.29) is 18.6 Å². The maximum Gasteiger partial charge on any atom is 0.0195 e. The fourth-order valence-electron chi connectivity index (χ4n) is 0. The molecule has 0 aliphatic carbocycles. The molecule has 9 heavy (non-hydrogen) atoms. The maximum atomic E-state index is 5.00. The molecule has 0 aliphatic heterocycles. The molecule has 0 spiro atoms. The van der Waals surface area contributed by atoms with Crippen LogP contribution >= 0.6 is 24.0 Å². The Labute approximate surface area is 70.2 Å². The van der Waals surface area contributed by atoms with E-state index in [4.69, 9.17) is 11.6 Å². The van der Waals surface area contributed by atoms with Gasteiger partial charge in [0.1, 0.15) is 0 Å². The molecule has 0 aromatic rings. The van der Waals surface area contributed by atoms with Gasteiger partial charge in [0.2, 0.25) is 0 Å². The largest absolute Gasteiger partial charge is 0.344 e. The fraction of sp³-hybridized carbons (Fsp3) is 1.00. The summed E-state index contributed by atoms with van der Waals surface area (Å²) in [5, 5.41) is 0. The van der Waals surface area contributed by atoms with Crippen molar-refractivity contribution in [2.75, 3.05) is 5.88 Å². The third-order valence-electron chi connectivity index (χ3n) is 0.500. The van der Waals surface area contributed by atoms with E-state index in [0.29, 0.717) is 0 Å². The molecular formula is C6H19Cl2N. The zero-order valence-corrected chi connectivity index (χ0v) is 8.19. The normalized spacial score (nSPS) is 5.33. The van der Waals surface area contributed by atoms with Gasteiger partial charge in [-0.25, -0.2) is 0 Å². The number of unbranched alkanes of at least 4 members (excludes halogenated alkanes) is 1. The van der Waals surface area contributed by atoms with E-state index in [1.807, 2.05) is 6.92 Å². The van der Waals surface area contributed by atoms with Crippen LogP contribution in [0.15, 0.2) is 0 Å². The van der Waals surface area contributed by atoms with Gasteiger partial charge in [-0.1, -0.05) is 33.6 Å². The van der Waals surface area contributed by atoms with E-state index in [1.165, 1.54) is 12.8 Å². The Bertz CT molecular complexity index is 18.5. The third-order valence-corrected chi connectivity index (χ3v) is 0.500. The first-order valence-electron chi connectivity index (χ1n) is 2.89. The molecule has 0 bridgehead atoms. The highest BCUT2D eigenvalue weighted by Gasteiger charge is 1.56. The Morgan fingerprint density at radius 1 is 1.00 bits per heavy atom. The van der Waals surface area contributed by atoms with Gasteiger partial charge >= 0.3 is 0 Å². The zero-order chi connectivity index (χ0) is 6.12. The van der Waals surface area contributed by atoms with Crippen molar-refractivity contribution in [3.8, 4) is 0 Å². The molecular weight excluding hydrogens is 157 g/mol. The zero-order valence-electron chi connectivity index (χ0n) is 6.61. The van der Waals surface area contributed by atoms with Gasteiger partial charge in [-0.3, -0.25) is 0 Å². The van der Waals surface area contributed by atoms with Gasteiger partial charge in [0, 0.05) is 5.88 Å². The Balaban J connectivity index is -0.0000000233. The Hall–Kier alpha value is 0.540. The molecule has 62 valence electrons. The van der Waals surface area contributed by atoms with Crippen LogP contribution in [0.5, 0.6) is 0 Å². The highest BCUT2D eigenvalue weighted by atomic mass is 35.5. The highest BCUT2D eigenvalue weighted by Crippen LogP contribution is 1.76. The van der Waals surface area contributed by atoms with Crippen LogP contribution < -0.4 is 6.15 Å². The van der Waals surface area contributed by atoms with Crippen molar-refractivity contribution in [3.63, 3.8) is 0 Å². The molecule has 0 aromatic carbocycles. The molecule has 0 rings (SSSR count). The predicted molar refractivity (Wildman–Crippen MR) is 49.2 cm³/mol. The van der Waals surface area contributed by atoms with Crippen LogP contribution in [0, 0.1) is 0 Å². The number of alkyl halides is 1. The van der Waals surface area contributed by atoms with E-state index in [1.54, 1.807) is 0 Å². The van der Waals surface area contributed by atoms with Crippen molar-refractivity contribution in [1.82, 2.24) is 6.15 Å². The lowest BCUT2D eigenvalue weighted by Gasteiger charge is -1.68. The van der Waals surface area contributed by atoms with E-state index < -0.39 is 0 Å². The lowest BCUT2D eigenvalue weighted by molar-refractivity contribution is 0.886. The maximum absolute atomic E-state index is 5.00. The summed E-state index contributed by atoms with van der Waals surface area (Å²) in [6, 6.07) is 0. The lowest BCUT2D eigenvalue weighted by Crippen LogP contribution is -1.47. The van der Waals surface area contributed by atoms with Crippen LogP contribution in [-0.4, -0.2) is 5.88 Å². The topological polar surface area (TPSA) is 35.0 Å². The Morgan fingerprint density at radius 2 is 1.11 bits per heavy atom. The predicted octanol–water partition coefficient (Wildman–Crippen LogP) is 3.64. The summed E-state index contributed by atoms with van der Waals surface area (Å²) >= 11 is 5.00. The van der Waals surface area contributed by atoms with E-state index in [0.717, 1.165) is 5.88 Å². The van der Waals surface area contributed by atoms with Gasteiger partial charge in [-0.15, -0.1) is 24.0 Å². The first-order valence-corrected chi connectivity index (χ1v) is 3.42. The minimum Gasteiger partial charge on any atom is -0.344 e. The summed E-state index contributed by atoms with van der Waals surface area (Å²) in [6.45, 7) is 6.25. The second kappa shape index (κ2) is 38.7. The molecule has 0 saturated heterocycles. The van der Waals surface area contributed by atoms with Gasteiger partial charge in [-0.2, -0.15) is 0 Å². The van der Waals surface area contributed by atoms with Crippen LogP contribution in [-0.2, 0) is 0 Å². The van der Waals surface area contributed by atoms with E-state index in [9.17, 15) is 0 Å². The first-order chi connectivity index (χ1) is 3.33. The number of hydrogen-bond acceptors (Lipinski definition) is 1. The second-order valence-corrected chi connectivity index (χ2v) is 1.80. The molecule has 0 aliphatic rings. The fourth-order valence-corrected chi connectivity index (χ4v) is 0. The van der Waals surface area contributed by atoms with E-state index >= 15 is 0 Å². The molecule has 0 amide bonds. The van der Waals surface area contributed by atoms with Crippen LogP contribution in [0.25, 0.3) is 0 Å². The molecule has 0 heterocycles. The number of rotatable bonds is 1. The SMILES string of the molecule is CCCC.CCCl.Cl.N. The van der Waals surface area contributed by atoms with Gasteiger partial charge in [0.05, 0.1) is 0 Å². The summed E-state index contributed by atoms with van der Waals surface area (Å²) in [5.74, 6) is 0.722. The van der Waals surface area contributed by atoms with Crippen molar-refractivity contribution in [1.29, 1.82) is 0 Å². The Morgan fingerprint density at radius 3 is 1.11 bits per heavy atom. The van der Waals surface area contributed by atoms with Crippen molar-refractivity contribution in [2.45, 2.75) is 33.6 Å². The van der Waals surface area contributed by atoms with Crippen LogP contribution in [0.2, 0.25) is 0 Å². The average molecular weight is 176 g/mol. The number of hydrogen-bond donors (Lipinski definition) is 1. The first kappa shape index (κ1) is 22.7. The minimum atomic E-state index is 0. The molecule has 0 radical (unpaired) electrons. The molecule has 0 aromatic heterocycles. The van der Waals surface area contributed by atoms with Gasteiger partial charge in [0.25, 0.3) is 0 Å². The minimum absolute atomic E-state index is 0.